The molecule has 1 aliphatic heterocycles. The van der Waals surface area contributed by atoms with Gasteiger partial charge in [-0.3, -0.25) is 0 Å². The highest BCUT2D eigenvalue weighted by Crippen LogP contribution is 2.27. The van der Waals surface area contributed by atoms with Gasteiger partial charge in [0, 0.05) is 13.8 Å². The van der Waals surface area contributed by atoms with Crippen molar-refractivity contribution in [3.05, 3.63) is 0 Å². The van der Waals surface area contributed by atoms with Crippen molar-refractivity contribution in [2.24, 2.45) is 11.8 Å². The highest BCUT2D eigenvalue weighted by Gasteiger charge is 2.30. The maximum atomic E-state index is 12.4. The summed E-state index contributed by atoms with van der Waals surface area (Å²) < 4.78 is 32.5. The van der Waals surface area contributed by atoms with Gasteiger partial charge in [-0.25, -0.2) is 8.78 Å². The summed E-state index contributed by atoms with van der Waals surface area (Å²) in [5, 5.41) is 0. The van der Waals surface area contributed by atoms with Gasteiger partial charge in [-0.1, -0.05) is 6.92 Å². The summed E-state index contributed by atoms with van der Waals surface area (Å²) in [6.45, 7) is 2.73. The molecule has 0 radical (unpaired) electrons. The van der Waals surface area contributed by atoms with Crippen molar-refractivity contribution in [1.29, 1.82) is 0 Å². The van der Waals surface area contributed by atoms with Gasteiger partial charge in [0.05, 0.1) is 0 Å². The summed E-state index contributed by atoms with van der Waals surface area (Å²) in [6, 6.07) is 0. The quantitative estimate of drug-likeness (QED) is 0.571. The molecule has 1 fully saturated rings. The van der Waals surface area contributed by atoms with Crippen LogP contribution in [-0.2, 0) is 0 Å². The molecule has 66 valence electrons. The Morgan fingerprint density at radius 2 is 2.27 bits per heavy atom. The van der Waals surface area contributed by atoms with Crippen molar-refractivity contribution in [3.8, 4) is 0 Å². The Bertz CT molecular complexity index is 161. The van der Waals surface area contributed by atoms with Crippen LogP contribution < -0.4 is 0 Å². The van der Waals surface area contributed by atoms with E-state index in [0.717, 1.165) is 0 Å². The van der Waals surface area contributed by atoms with Gasteiger partial charge in [0.1, 0.15) is 0 Å². The van der Waals surface area contributed by atoms with Crippen LogP contribution in [0.15, 0.2) is 0 Å². The molecule has 0 spiro atoms. The second-order valence-corrected chi connectivity index (χ2v) is 3.31. The van der Waals surface area contributed by atoms with E-state index in [1.807, 2.05) is 11.9 Å². The SMILES string of the molecule is [2H][C@@]1(C)CN(C)CC[C@@H]1C(F)F. The van der Waals surface area contributed by atoms with Crippen molar-refractivity contribution in [3.63, 3.8) is 0 Å². The van der Waals surface area contributed by atoms with Gasteiger partial charge in [0.15, 0.2) is 0 Å². The average Bonchev–Trinajstić information content (AvgIpc) is 1.82. The molecule has 0 amide bonds. The number of rotatable bonds is 1. The summed E-state index contributed by atoms with van der Waals surface area (Å²) in [6.07, 6.45) is -1.91. The highest BCUT2D eigenvalue weighted by atomic mass is 19.3. The fraction of sp³-hybridized carbons (Fsp3) is 1.00. The molecule has 0 saturated carbocycles. The number of likely N-dealkylation sites (tertiary alicyclic amines) is 1. The van der Waals surface area contributed by atoms with Crippen LogP contribution in [0.2, 0.25) is 0 Å². The lowest BCUT2D eigenvalue weighted by molar-refractivity contribution is 0.00810. The lowest BCUT2D eigenvalue weighted by atomic mass is 9.87. The first-order chi connectivity index (χ1) is 5.43. The zero-order valence-electron chi connectivity index (χ0n) is 7.98. The monoisotopic (exact) mass is 164 g/mol. The number of hydrogen-bond acceptors (Lipinski definition) is 1. The maximum Gasteiger partial charge on any atom is 0.241 e. The molecule has 11 heavy (non-hydrogen) atoms. The molecule has 3 heteroatoms. The van der Waals surface area contributed by atoms with E-state index in [-0.39, 0.29) is 0 Å². The lowest BCUT2D eigenvalue weighted by Gasteiger charge is -2.34. The Hall–Kier alpha value is -0.180. The Balaban J connectivity index is 2.64. The zero-order chi connectivity index (χ0) is 9.35. The average molecular weight is 164 g/mol. The van der Waals surface area contributed by atoms with E-state index >= 15 is 0 Å². The molecule has 2 atom stereocenters. The minimum Gasteiger partial charge on any atom is -0.306 e. The molecule has 0 bridgehead atoms. The fourth-order valence-corrected chi connectivity index (χ4v) is 1.57. The van der Waals surface area contributed by atoms with Gasteiger partial charge in [0.25, 0.3) is 0 Å². The number of halogens is 2. The second kappa shape index (κ2) is 3.48. The van der Waals surface area contributed by atoms with Crippen LogP contribution in [0.3, 0.4) is 0 Å². The third-order valence-corrected chi connectivity index (χ3v) is 2.28. The molecule has 0 aliphatic carbocycles. The van der Waals surface area contributed by atoms with Crippen molar-refractivity contribution in [2.45, 2.75) is 19.8 Å². The van der Waals surface area contributed by atoms with Crippen molar-refractivity contribution < 1.29 is 10.2 Å². The maximum absolute atomic E-state index is 12.4. The normalized spacial score (nSPS) is 42.6. The van der Waals surface area contributed by atoms with Gasteiger partial charge >= 0.3 is 0 Å². The molecule has 1 saturated heterocycles. The summed E-state index contributed by atoms with van der Waals surface area (Å²) in [5.41, 5.74) is 0. The summed E-state index contributed by atoms with van der Waals surface area (Å²) in [4.78, 5) is 1.94. The van der Waals surface area contributed by atoms with Crippen LogP contribution >= 0.6 is 0 Å². The first-order valence-corrected chi connectivity index (χ1v) is 3.90. The van der Waals surface area contributed by atoms with Crippen LogP contribution in [-0.4, -0.2) is 31.5 Å². The molecule has 1 rings (SSSR count). The highest BCUT2D eigenvalue weighted by molar-refractivity contribution is 4.77. The van der Waals surface area contributed by atoms with Crippen LogP contribution in [0.25, 0.3) is 0 Å². The van der Waals surface area contributed by atoms with E-state index in [1.54, 1.807) is 6.92 Å². The van der Waals surface area contributed by atoms with E-state index in [9.17, 15) is 8.78 Å². The number of piperidine rings is 1. The largest absolute Gasteiger partial charge is 0.306 e. The lowest BCUT2D eigenvalue weighted by Crippen LogP contribution is -2.39. The minimum atomic E-state index is -2.35. The molecule has 0 aromatic carbocycles. The van der Waals surface area contributed by atoms with Gasteiger partial charge < -0.3 is 4.90 Å². The summed E-state index contributed by atoms with van der Waals surface area (Å²) >= 11 is 0. The van der Waals surface area contributed by atoms with E-state index in [1.165, 1.54) is 0 Å². The van der Waals surface area contributed by atoms with Crippen LogP contribution in [0.5, 0.6) is 0 Å². The standard InChI is InChI=1S/C8H15F2N/c1-6-5-11(2)4-3-7(6)8(9)10/h6-8H,3-5H2,1-2H3/t6-,7+/m1/s1/i6D. The van der Waals surface area contributed by atoms with Crippen molar-refractivity contribution in [2.75, 3.05) is 20.1 Å². The predicted molar refractivity (Wildman–Crippen MR) is 40.8 cm³/mol. The molecule has 1 nitrogen and oxygen atoms in total. The molecular formula is C8H15F2N. The van der Waals surface area contributed by atoms with Gasteiger partial charge in [-0.05, 0) is 25.9 Å². The molecule has 0 N–H and O–H groups in total. The number of hydrogen-bond donors (Lipinski definition) is 0. The number of nitrogens with zero attached hydrogens (tertiary/aromatic N) is 1. The van der Waals surface area contributed by atoms with Gasteiger partial charge in [0.2, 0.25) is 6.43 Å². The third kappa shape index (κ3) is 2.12. The Labute approximate surface area is 67.8 Å². The first-order valence-electron chi connectivity index (χ1n) is 4.40. The molecule has 1 heterocycles. The Morgan fingerprint density at radius 3 is 2.73 bits per heavy atom. The van der Waals surface area contributed by atoms with E-state index < -0.39 is 18.2 Å². The molecule has 0 aromatic rings. The van der Waals surface area contributed by atoms with E-state index in [0.29, 0.717) is 19.5 Å². The van der Waals surface area contributed by atoms with Gasteiger partial charge in [-0.2, -0.15) is 0 Å². The van der Waals surface area contributed by atoms with Gasteiger partial charge in [-0.15, -0.1) is 0 Å². The van der Waals surface area contributed by atoms with Crippen LogP contribution in [0.1, 0.15) is 14.7 Å². The van der Waals surface area contributed by atoms with Crippen LogP contribution in [0.4, 0.5) is 8.78 Å². The fourth-order valence-electron chi connectivity index (χ4n) is 1.57. The predicted octanol–water partition coefficient (Wildman–Crippen LogP) is 1.84. The second-order valence-electron chi connectivity index (χ2n) is 3.31. The molecule has 0 unspecified atom stereocenters. The summed E-state index contributed by atoms with van der Waals surface area (Å²) in [7, 11) is 1.87. The minimum absolute atomic E-state index is 0.439. The van der Waals surface area contributed by atoms with Crippen molar-refractivity contribution >= 4 is 0 Å². The van der Waals surface area contributed by atoms with E-state index in [4.69, 9.17) is 1.37 Å². The molecule has 0 aromatic heterocycles. The van der Waals surface area contributed by atoms with E-state index in [2.05, 4.69) is 0 Å². The Kier molecular flexibility index (Phi) is 2.36. The Morgan fingerprint density at radius 1 is 1.64 bits per heavy atom. The van der Waals surface area contributed by atoms with Crippen molar-refractivity contribution in [1.82, 2.24) is 4.90 Å². The third-order valence-electron chi connectivity index (χ3n) is 2.28. The first kappa shape index (κ1) is 7.47. The summed E-state index contributed by atoms with van der Waals surface area (Å²) in [5.74, 6) is -1.74. The zero-order valence-corrected chi connectivity index (χ0v) is 6.98. The smallest absolute Gasteiger partial charge is 0.241 e. The molecule has 1 aliphatic rings. The molecular weight excluding hydrogens is 148 g/mol. The van der Waals surface area contributed by atoms with Crippen LogP contribution in [0, 0.1) is 11.8 Å². The number of alkyl halides is 2. The topological polar surface area (TPSA) is 3.24 Å².